The summed E-state index contributed by atoms with van der Waals surface area (Å²) in [5, 5.41) is 5.54. The summed E-state index contributed by atoms with van der Waals surface area (Å²) < 4.78 is 0. The molecule has 90 valence electrons. The maximum atomic E-state index is 3.39. The van der Waals surface area contributed by atoms with Gasteiger partial charge in [0.1, 0.15) is 0 Å². The Morgan fingerprint density at radius 1 is 1.44 bits per heavy atom. The Morgan fingerprint density at radius 2 is 2.25 bits per heavy atom. The van der Waals surface area contributed by atoms with Crippen LogP contribution in [0.15, 0.2) is 17.5 Å². The van der Waals surface area contributed by atoms with Crippen LogP contribution in [0.3, 0.4) is 0 Å². The third-order valence-electron chi connectivity index (χ3n) is 3.01. The monoisotopic (exact) mass is 239 g/mol. The molecule has 0 saturated carbocycles. The molecule has 0 amide bonds. The number of nitrogens with one attached hydrogen (secondary N) is 1. The van der Waals surface area contributed by atoms with Crippen LogP contribution >= 0.6 is 11.3 Å². The molecule has 1 aliphatic rings. The fourth-order valence-electron chi connectivity index (χ4n) is 1.99. The molecule has 0 atom stereocenters. The molecular weight excluding hydrogens is 218 g/mol. The Morgan fingerprint density at radius 3 is 2.94 bits per heavy atom. The van der Waals surface area contributed by atoms with Crippen molar-refractivity contribution in [3.8, 4) is 0 Å². The van der Waals surface area contributed by atoms with E-state index in [4.69, 9.17) is 0 Å². The molecule has 0 radical (unpaired) electrons. The molecule has 0 aromatic carbocycles. The number of thiophene rings is 1. The Labute approximate surface area is 102 Å². The van der Waals surface area contributed by atoms with Gasteiger partial charge in [-0.2, -0.15) is 0 Å². The van der Waals surface area contributed by atoms with E-state index >= 15 is 0 Å². The minimum absolute atomic E-state index is 1.09. The van der Waals surface area contributed by atoms with Crippen molar-refractivity contribution in [2.24, 2.45) is 0 Å². The lowest BCUT2D eigenvalue weighted by Gasteiger charge is -2.28. The van der Waals surface area contributed by atoms with Gasteiger partial charge in [-0.05, 0) is 18.5 Å². The van der Waals surface area contributed by atoms with Gasteiger partial charge in [-0.15, -0.1) is 11.3 Å². The summed E-state index contributed by atoms with van der Waals surface area (Å²) in [6.07, 6.45) is 0. The van der Waals surface area contributed by atoms with Gasteiger partial charge in [0.2, 0.25) is 0 Å². The molecule has 1 aromatic rings. The summed E-state index contributed by atoms with van der Waals surface area (Å²) >= 11 is 1.85. The van der Waals surface area contributed by atoms with E-state index in [9.17, 15) is 0 Å². The molecule has 1 N–H and O–H groups in total. The maximum absolute atomic E-state index is 3.39. The summed E-state index contributed by atoms with van der Waals surface area (Å²) in [5.41, 5.74) is 0. The van der Waals surface area contributed by atoms with E-state index in [0.717, 1.165) is 26.2 Å². The van der Waals surface area contributed by atoms with Crippen molar-refractivity contribution in [2.75, 3.05) is 46.3 Å². The minimum Gasteiger partial charge on any atom is -0.314 e. The van der Waals surface area contributed by atoms with E-state index in [1.165, 1.54) is 24.5 Å². The summed E-state index contributed by atoms with van der Waals surface area (Å²) in [7, 11) is 2.21. The predicted octanol–water partition coefficient (Wildman–Crippen LogP) is 1.09. The number of piperazine rings is 1. The molecule has 16 heavy (non-hydrogen) atoms. The van der Waals surface area contributed by atoms with Crippen LogP contribution in [0.4, 0.5) is 0 Å². The minimum atomic E-state index is 1.09. The molecule has 1 saturated heterocycles. The van der Waals surface area contributed by atoms with Crippen LogP contribution in [-0.4, -0.2) is 56.1 Å². The van der Waals surface area contributed by atoms with Crippen molar-refractivity contribution in [2.45, 2.75) is 6.54 Å². The van der Waals surface area contributed by atoms with E-state index in [-0.39, 0.29) is 0 Å². The zero-order valence-corrected chi connectivity index (χ0v) is 10.8. The standard InChI is InChI=1S/C12H21N3S/c1-14(11-12-3-2-10-16-12)8-9-15-6-4-13-5-7-15/h2-3,10,13H,4-9,11H2,1H3. The molecule has 1 aliphatic heterocycles. The van der Waals surface area contributed by atoms with E-state index in [1.54, 1.807) is 0 Å². The third-order valence-corrected chi connectivity index (χ3v) is 3.87. The number of hydrogen-bond donors (Lipinski definition) is 1. The molecule has 0 unspecified atom stereocenters. The van der Waals surface area contributed by atoms with Crippen LogP contribution in [0.2, 0.25) is 0 Å². The van der Waals surface area contributed by atoms with Gasteiger partial charge in [-0.3, -0.25) is 4.90 Å². The van der Waals surface area contributed by atoms with E-state index in [0.29, 0.717) is 0 Å². The van der Waals surface area contributed by atoms with Gasteiger partial charge >= 0.3 is 0 Å². The quantitative estimate of drug-likeness (QED) is 0.830. The average molecular weight is 239 g/mol. The second kappa shape index (κ2) is 6.35. The fraction of sp³-hybridized carbons (Fsp3) is 0.667. The first-order valence-electron chi connectivity index (χ1n) is 5.98. The largest absolute Gasteiger partial charge is 0.314 e. The molecule has 0 aliphatic carbocycles. The number of rotatable bonds is 5. The smallest absolute Gasteiger partial charge is 0.0325 e. The Hall–Kier alpha value is -0.420. The molecule has 1 fully saturated rings. The Balaban J connectivity index is 1.65. The van der Waals surface area contributed by atoms with Gasteiger partial charge in [-0.1, -0.05) is 6.07 Å². The van der Waals surface area contributed by atoms with Gasteiger partial charge in [0.05, 0.1) is 0 Å². The van der Waals surface area contributed by atoms with Crippen LogP contribution < -0.4 is 5.32 Å². The first-order valence-corrected chi connectivity index (χ1v) is 6.86. The Bertz CT molecular complexity index is 280. The number of nitrogens with zero attached hydrogens (tertiary/aromatic N) is 2. The van der Waals surface area contributed by atoms with Crippen molar-refractivity contribution >= 4 is 11.3 Å². The Kier molecular flexibility index (Phi) is 4.78. The highest BCUT2D eigenvalue weighted by atomic mass is 32.1. The van der Waals surface area contributed by atoms with Crippen LogP contribution in [0.25, 0.3) is 0 Å². The van der Waals surface area contributed by atoms with E-state index < -0.39 is 0 Å². The van der Waals surface area contributed by atoms with Gasteiger partial charge in [0.25, 0.3) is 0 Å². The second-order valence-electron chi connectivity index (χ2n) is 4.41. The molecule has 4 heteroatoms. The highest BCUT2D eigenvalue weighted by Crippen LogP contribution is 2.10. The van der Waals surface area contributed by atoms with Gasteiger partial charge in [0, 0.05) is 50.7 Å². The van der Waals surface area contributed by atoms with Gasteiger partial charge in [-0.25, -0.2) is 0 Å². The molecule has 0 spiro atoms. The molecule has 0 bridgehead atoms. The number of hydrogen-bond acceptors (Lipinski definition) is 4. The van der Waals surface area contributed by atoms with Crippen LogP contribution in [0.5, 0.6) is 0 Å². The zero-order valence-electron chi connectivity index (χ0n) is 9.98. The molecule has 3 nitrogen and oxygen atoms in total. The van der Waals surface area contributed by atoms with Crippen molar-refractivity contribution in [3.05, 3.63) is 22.4 Å². The maximum Gasteiger partial charge on any atom is 0.0325 e. The summed E-state index contributed by atoms with van der Waals surface area (Å²) in [4.78, 5) is 6.41. The van der Waals surface area contributed by atoms with Crippen molar-refractivity contribution in [1.29, 1.82) is 0 Å². The lowest BCUT2D eigenvalue weighted by Crippen LogP contribution is -2.45. The van der Waals surface area contributed by atoms with Crippen LogP contribution in [0.1, 0.15) is 4.88 Å². The SMILES string of the molecule is CN(CCN1CCNCC1)Cc1cccs1. The lowest BCUT2D eigenvalue weighted by atomic mass is 10.3. The second-order valence-corrected chi connectivity index (χ2v) is 5.44. The van der Waals surface area contributed by atoms with Crippen molar-refractivity contribution in [3.63, 3.8) is 0 Å². The summed E-state index contributed by atoms with van der Waals surface area (Å²) in [6.45, 7) is 8.15. The first-order chi connectivity index (χ1) is 7.84. The van der Waals surface area contributed by atoms with Crippen molar-refractivity contribution in [1.82, 2.24) is 15.1 Å². The molecule has 1 aromatic heterocycles. The lowest BCUT2D eigenvalue weighted by molar-refractivity contribution is 0.203. The third kappa shape index (κ3) is 3.87. The summed E-state index contributed by atoms with van der Waals surface area (Å²) in [6, 6.07) is 4.34. The highest BCUT2D eigenvalue weighted by Gasteiger charge is 2.10. The van der Waals surface area contributed by atoms with Crippen molar-refractivity contribution < 1.29 is 0 Å². The normalized spacial score (nSPS) is 18.1. The van der Waals surface area contributed by atoms with Crippen LogP contribution in [0, 0.1) is 0 Å². The van der Waals surface area contributed by atoms with E-state index in [1.807, 2.05) is 11.3 Å². The predicted molar refractivity (Wildman–Crippen MR) is 70.0 cm³/mol. The summed E-state index contributed by atoms with van der Waals surface area (Å²) in [5.74, 6) is 0. The topological polar surface area (TPSA) is 18.5 Å². The average Bonchev–Trinajstić information content (AvgIpc) is 2.81. The highest BCUT2D eigenvalue weighted by molar-refractivity contribution is 7.09. The molecular formula is C12H21N3S. The number of likely N-dealkylation sites (N-methyl/N-ethyl adjacent to an activating group) is 1. The van der Waals surface area contributed by atoms with E-state index in [2.05, 4.69) is 39.7 Å². The van der Waals surface area contributed by atoms with Crippen LogP contribution in [-0.2, 0) is 6.54 Å². The molecule has 2 heterocycles. The fourth-order valence-corrected chi connectivity index (χ4v) is 2.78. The zero-order chi connectivity index (χ0) is 11.2. The van der Waals surface area contributed by atoms with Gasteiger partial charge in [0.15, 0.2) is 0 Å². The van der Waals surface area contributed by atoms with Gasteiger partial charge < -0.3 is 10.2 Å². The molecule has 2 rings (SSSR count). The first kappa shape index (κ1) is 12.0.